The molecule has 2 amide bonds. The number of nitrogens with zero attached hydrogens (tertiary/aromatic N) is 1. The molecule has 7 nitrogen and oxygen atoms in total. The summed E-state index contributed by atoms with van der Waals surface area (Å²) in [6.45, 7) is 1.95. The number of urea groups is 1. The van der Waals surface area contributed by atoms with Crippen LogP contribution in [0.2, 0.25) is 0 Å². The van der Waals surface area contributed by atoms with Gasteiger partial charge in [-0.15, -0.1) is 0 Å². The van der Waals surface area contributed by atoms with Crippen LogP contribution in [-0.4, -0.2) is 33.6 Å². The van der Waals surface area contributed by atoms with Gasteiger partial charge in [0.05, 0.1) is 17.7 Å². The van der Waals surface area contributed by atoms with Crippen molar-refractivity contribution in [2.45, 2.75) is 43.2 Å². The summed E-state index contributed by atoms with van der Waals surface area (Å²) in [6.07, 6.45) is 2.43. The third kappa shape index (κ3) is 3.70. The molecule has 2 N–H and O–H groups in total. The lowest BCUT2D eigenvalue weighted by molar-refractivity contribution is 0.256. The van der Waals surface area contributed by atoms with E-state index in [4.69, 9.17) is 4.74 Å². The first-order chi connectivity index (χ1) is 13.4. The van der Waals surface area contributed by atoms with Crippen LogP contribution in [0.5, 0.6) is 5.75 Å². The highest BCUT2D eigenvalue weighted by Crippen LogP contribution is 2.35. The highest BCUT2D eigenvalue weighted by molar-refractivity contribution is 7.89. The molecule has 1 heterocycles. The van der Waals surface area contributed by atoms with Crippen LogP contribution in [0.3, 0.4) is 0 Å². The molecule has 0 bridgehead atoms. The largest absolute Gasteiger partial charge is 0.497 e. The molecule has 0 aromatic heterocycles. The van der Waals surface area contributed by atoms with Crippen LogP contribution >= 0.6 is 0 Å². The SMILES string of the molecule is COc1ccc(NC(=O)N2c3cc(S(=O)(=O)NC4CC4)ccc3CC2C)cc1. The Hall–Kier alpha value is -2.58. The summed E-state index contributed by atoms with van der Waals surface area (Å²) in [5, 5.41) is 2.87. The fraction of sp³-hybridized carbons (Fsp3) is 0.350. The molecule has 148 valence electrons. The van der Waals surface area contributed by atoms with E-state index in [0.717, 1.165) is 18.4 Å². The van der Waals surface area contributed by atoms with E-state index in [1.54, 1.807) is 54.5 Å². The molecule has 1 fully saturated rings. The number of fused-ring (bicyclic) bond motifs is 1. The summed E-state index contributed by atoms with van der Waals surface area (Å²) in [5.74, 6) is 0.705. The Morgan fingerprint density at radius 1 is 1.14 bits per heavy atom. The maximum absolute atomic E-state index is 12.9. The Balaban J connectivity index is 1.58. The van der Waals surface area contributed by atoms with Gasteiger partial charge in [-0.2, -0.15) is 0 Å². The van der Waals surface area contributed by atoms with Crippen molar-refractivity contribution >= 4 is 27.4 Å². The van der Waals surface area contributed by atoms with Crippen molar-refractivity contribution in [1.29, 1.82) is 0 Å². The number of carbonyl (C=O) groups is 1. The number of hydrogen-bond acceptors (Lipinski definition) is 4. The van der Waals surface area contributed by atoms with Gasteiger partial charge in [-0.3, -0.25) is 4.90 Å². The fourth-order valence-corrected chi connectivity index (χ4v) is 4.74. The normalized spacial score (nSPS) is 18.6. The Morgan fingerprint density at radius 2 is 1.86 bits per heavy atom. The van der Waals surface area contributed by atoms with Crippen LogP contribution in [0.15, 0.2) is 47.4 Å². The Kier molecular flexibility index (Phi) is 4.76. The number of ether oxygens (including phenoxy) is 1. The smallest absolute Gasteiger partial charge is 0.326 e. The monoisotopic (exact) mass is 401 g/mol. The molecule has 1 aliphatic heterocycles. The van der Waals surface area contributed by atoms with E-state index in [0.29, 0.717) is 23.5 Å². The van der Waals surface area contributed by atoms with Gasteiger partial charge in [-0.25, -0.2) is 17.9 Å². The van der Waals surface area contributed by atoms with Crippen molar-refractivity contribution in [3.63, 3.8) is 0 Å². The van der Waals surface area contributed by atoms with Crippen molar-refractivity contribution in [1.82, 2.24) is 4.72 Å². The second kappa shape index (κ2) is 7.10. The van der Waals surface area contributed by atoms with Crippen molar-refractivity contribution < 1.29 is 17.9 Å². The molecule has 1 atom stereocenters. The number of benzene rings is 2. The number of amides is 2. The lowest BCUT2D eigenvalue weighted by Crippen LogP contribution is -2.39. The van der Waals surface area contributed by atoms with Gasteiger partial charge in [0.25, 0.3) is 0 Å². The first-order valence-electron chi connectivity index (χ1n) is 9.27. The number of hydrogen-bond donors (Lipinski definition) is 2. The minimum absolute atomic E-state index is 0.0339. The average Bonchev–Trinajstić information content (AvgIpc) is 3.40. The molecule has 28 heavy (non-hydrogen) atoms. The minimum Gasteiger partial charge on any atom is -0.497 e. The summed E-state index contributed by atoms with van der Waals surface area (Å²) < 4.78 is 32.9. The van der Waals surface area contributed by atoms with Crippen LogP contribution in [0, 0.1) is 0 Å². The number of rotatable bonds is 5. The van der Waals surface area contributed by atoms with E-state index in [1.165, 1.54) is 0 Å². The van der Waals surface area contributed by atoms with E-state index in [2.05, 4.69) is 10.0 Å². The Morgan fingerprint density at radius 3 is 2.50 bits per heavy atom. The zero-order valence-electron chi connectivity index (χ0n) is 15.8. The Bertz CT molecular complexity index is 1000. The summed E-state index contributed by atoms with van der Waals surface area (Å²) in [6, 6.07) is 11.7. The number of methoxy groups -OCH3 is 1. The van der Waals surface area contributed by atoms with E-state index in [1.807, 2.05) is 6.92 Å². The maximum atomic E-state index is 12.9. The van der Waals surface area contributed by atoms with Crippen molar-refractivity contribution in [2.24, 2.45) is 0 Å². The van der Waals surface area contributed by atoms with E-state index in [-0.39, 0.29) is 23.0 Å². The predicted molar refractivity (Wildman–Crippen MR) is 107 cm³/mol. The zero-order valence-corrected chi connectivity index (χ0v) is 16.6. The molecule has 0 spiro atoms. The average molecular weight is 401 g/mol. The molecule has 1 aliphatic carbocycles. The fourth-order valence-electron chi connectivity index (χ4n) is 3.41. The molecule has 8 heteroatoms. The van der Waals surface area contributed by atoms with Gasteiger partial charge >= 0.3 is 6.03 Å². The van der Waals surface area contributed by atoms with Gasteiger partial charge in [0.1, 0.15) is 5.75 Å². The topological polar surface area (TPSA) is 87.7 Å². The van der Waals surface area contributed by atoms with Crippen LogP contribution in [0.4, 0.5) is 16.2 Å². The summed E-state index contributed by atoms with van der Waals surface area (Å²) >= 11 is 0. The van der Waals surface area contributed by atoms with E-state index in [9.17, 15) is 13.2 Å². The number of sulfonamides is 1. The van der Waals surface area contributed by atoms with Crippen molar-refractivity contribution in [3.8, 4) is 5.75 Å². The standard InChI is InChI=1S/C20H23N3O4S/c1-13-11-14-3-10-18(28(25,26)22-16-4-5-16)12-19(14)23(13)20(24)21-15-6-8-17(27-2)9-7-15/h3,6-10,12-13,16,22H,4-5,11H2,1-2H3,(H,21,24). The van der Waals surface area contributed by atoms with Crippen LogP contribution in [-0.2, 0) is 16.4 Å². The van der Waals surface area contributed by atoms with Gasteiger partial charge in [0.15, 0.2) is 0 Å². The summed E-state index contributed by atoms with van der Waals surface area (Å²) in [4.78, 5) is 14.7. The van der Waals surface area contributed by atoms with Crippen LogP contribution in [0.25, 0.3) is 0 Å². The van der Waals surface area contributed by atoms with Crippen LogP contribution in [0.1, 0.15) is 25.3 Å². The minimum atomic E-state index is -3.57. The molecule has 4 rings (SSSR count). The molecular formula is C20H23N3O4S. The first-order valence-corrected chi connectivity index (χ1v) is 10.8. The highest BCUT2D eigenvalue weighted by atomic mass is 32.2. The lowest BCUT2D eigenvalue weighted by atomic mass is 10.1. The molecule has 2 aliphatic rings. The molecular weight excluding hydrogens is 378 g/mol. The van der Waals surface area contributed by atoms with Crippen LogP contribution < -0.4 is 19.7 Å². The predicted octanol–water partition coefficient (Wildman–Crippen LogP) is 3.12. The van der Waals surface area contributed by atoms with E-state index >= 15 is 0 Å². The van der Waals surface area contributed by atoms with Gasteiger partial charge in [-0.05, 0) is 68.1 Å². The van der Waals surface area contributed by atoms with Crippen molar-refractivity contribution in [2.75, 3.05) is 17.3 Å². The molecule has 2 aromatic rings. The molecule has 0 saturated heterocycles. The quantitative estimate of drug-likeness (QED) is 0.806. The second-order valence-corrected chi connectivity index (χ2v) is 8.98. The molecule has 1 saturated carbocycles. The highest BCUT2D eigenvalue weighted by Gasteiger charge is 2.33. The lowest BCUT2D eigenvalue weighted by Gasteiger charge is -2.23. The number of carbonyl (C=O) groups excluding carboxylic acids is 1. The summed E-state index contributed by atoms with van der Waals surface area (Å²) in [5.41, 5.74) is 2.24. The van der Waals surface area contributed by atoms with Gasteiger partial charge in [0, 0.05) is 17.8 Å². The second-order valence-electron chi connectivity index (χ2n) is 7.27. The first kappa shape index (κ1) is 18.8. The molecule has 0 radical (unpaired) electrons. The van der Waals surface area contributed by atoms with E-state index < -0.39 is 10.0 Å². The third-order valence-electron chi connectivity index (χ3n) is 5.04. The molecule has 2 aromatic carbocycles. The maximum Gasteiger partial charge on any atom is 0.326 e. The number of nitrogens with one attached hydrogen (secondary N) is 2. The van der Waals surface area contributed by atoms with Crippen molar-refractivity contribution in [3.05, 3.63) is 48.0 Å². The third-order valence-corrected chi connectivity index (χ3v) is 6.56. The zero-order chi connectivity index (χ0) is 19.9. The Labute approximate surface area is 164 Å². The molecule has 1 unspecified atom stereocenters. The van der Waals surface area contributed by atoms with Gasteiger partial charge in [0.2, 0.25) is 10.0 Å². The summed E-state index contributed by atoms with van der Waals surface area (Å²) in [7, 11) is -1.99. The van der Waals surface area contributed by atoms with Gasteiger partial charge in [-0.1, -0.05) is 6.07 Å². The number of anilines is 2. The van der Waals surface area contributed by atoms with Gasteiger partial charge < -0.3 is 10.1 Å².